The molecule has 0 spiro atoms. The molecule has 1 heterocycles. The fourth-order valence-corrected chi connectivity index (χ4v) is 7.83. The van der Waals surface area contributed by atoms with Gasteiger partial charge < -0.3 is 9.84 Å². The van der Waals surface area contributed by atoms with Gasteiger partial charge in [-0.15, -0.1) is 0 Å². The maximum atomic E-state index is 13.3. The first-order chi connectivity index (χ1) is 15.6. The molecule has 1 amide bonds. The molecule has 1 aromatic heterocycles. The lowest BCUT2D eigenvalue weighted by molar-refractivity contribution is -0.127. The molecule has 0 atom stereocenters. The van der Waals surface area contributed by atoms with E-state index in [0.29, 0.717) is 30.6 Å². The lowest BCUT2D eigenvalue weighted by Crippen LogP contribution is -2.56. The van der Waals surface area contributed by atoms with Gasteiger partial charge in [0, 0.05) is 24.4 Å². The van der Waals surface area contributed by atoms with Crippen LogP contribution in [0.3, 0.4) is 0 Å². The fraction of sp³-hybridized carbons (Fsp3) is 0.667. The van der Waals surface area contributed by atoms with Gasteiger partial charge in [-0.3, -0.25) is 4.79 Å². The summed E-state index contributed by atoms with van der Waals surface area (Å²) in [5.74, 6) is 4.90. The second kappa shape index (κ2) is 8.00. The van der Waals surface area contributed by atoms with Crippen molar-refractivity contribution in [3.63, 3.8) is 0 Å². The van der Waals surface area contributed by atoms with Crippen LogP contribution in [0, 0.1) is 36.0 Å². The van der Waals surface area contributed by atoms with Crippen LogP contribution in [0.1, 0.15) is 75.7 Å². The Hall–Kier alpha value is -2.17. The van der Waals surface area contributed by atoms with Gasteiger partial charge in [-0.05, 0) is 87.0 Å². The average Bonchev–Trinajstić information content (AvgIpc) is 3.40. The quantitative estimate of drug-likeness (QED) is 0.655. The first-order valence-electron chi connectivity index (χ1n) is 12.7. The maximum absolute atomic E-state index is 13.3. The standard InChI is InChI=1S/C27H35N3O2/c1-17-5-4-6-20(9-17)26-29-24(32-30-26)16-27(7-2-3-8-27)15-23(31)28-25-21-11-18-10-19(13-21)14-22(25)12-18/h4-6,9,18-19,21-22,25H,2-3,7-8,10-16H2,1H3,(H,28,31). The van der Waals surface area contributed by atoms with Gasteiger partial charge in [0.25, 0.3) is 0 Å². The molecule has 0 unspecified atom stereocenters. The van der Waals surface area contributed by atoms with Crippen LogP contribution in [-0.4, -0.2) is 22.1 Å². The number of rotatable bonds is 6. The number of benzene rings is 1. The van der Waals surface area contributed by atoms with Crippen molar-refractivity contribution in [1.29, 1.82) is 0 Å². The van der Waals surface area contributed by atoms with Crippen LogP contribution in [0.2, 0.25) is 0 Å². The maximum Gasteiger partial charge on any atom is 0.227 e. The Bertz CT molecular complexity index is 962. The lowest BCUT2D eigenvalue weighted by atomic mass is 9.54. The van der Waals surface area contributed by atoms with E-state index in [9.17, 15) is 4.79 Å². The van der Waals surface area contributed by atoms with Gasteiger partial charge in [-0.1, -0.05) is 41.8 Å². The highest BCUT2D eigenvalue weighted by molar-refractivity contribution is 5.77. The van der Waals surface area contributed by atoms with E-state index in [1.165, 1.54) is 50.5 Å². The number of carbonyl (C=O) groups is 1. The van der Waals surface area contributed by atoms with E-state index in [4.69, 9.17) is 9.51 Å². The highest BCUT2D eigenvalue weighted by atomic mass is 16.5. The predicted molar refractivity (Wildman–Crippen MR) is 123 cm³/mol. The number of hydrogen-bond acceptors (Lipinski definition) is 4. The third-order valence-electron chi connectivity index (χ3n) is 9.02. The van der Waals surface area contributed by atoms with Crippen molar-refractivity contribution in [2.45, 2.75) is 83.6 Å². The molecule has 5 fully saturated rings. The molecule has 7 rings (SSSR count). The molecule has 1 N–H and O–H groups in total. The lowest BCUT2D eigenvalue weighted by Gasteiger charge is -2.54. The van der Waals surface area contributed by atoms with Crippen molar-refractivity contribution in [2.75, 3.05) is 0 Å². The van der Waals surface area contributed by atoms with Gasteiger partial charge in [-0.2, -0.15) is 4.98 Å². The molecular formula is C27H35N3O2. The largest absolute Gasteiger partial charge is 0.353 e. The SMILES string of the molecule is Cc1cccc(-c2noc(CC3(CC(=O)NC4C5CC6CC(C5)CC4C6)CCCC3)n2)c1. The smallest absolute Gasteiger partial charge is 0.227 e. The molecule has 4 bridgehead atoms. The minimum absolute atomic E-state index is 0.0353. The van der Waals surface area contributed by atoms with Crippen LogP contribution in [0.25, 0.3) is 11.4 Å². The molecule has 32 heavy (non-hydrogen) atoms. The summed E-state index contributed by atoms with van der Waals surface area (Å²) in [6.45, 7) is 2.07. The summed E-state index contributed by atoms with van der Waals surface area (Å²) in [5.41, 5.74) is 2.13. The topological polar surface area (TPSA) is 68.0 Å². The molecule has 5 nitrogen and oxygen atoms in total. The summed E-state index contributed by atoms with van der Waals surface area (Å²) in [4.78, 5) is 18.0. The van der Waals surface area contributed by atoms with Crippen LogP contribution < -0.4 is 5.32 Å². The van der Waals surface area contributed by atoms with Crippen LogP contribution in [-0.2, 0) is 11.2 Å². The Morgan fingerprint density at radius 1 is 1.09 bits per heavy atom. The molecule has 0 aliphatic heterocycles. The number of aromatic nitrogens is 2. The molecule has 1 aromatic carbocycles. The van der Waals surface area contributed by atoms with Crippen LogP contribution in [0.4, 0.5) is 0 Å². The van der Waals surface area contributed by atoms with Crippen LogP contribution >= 0.6 is 0 Å². The Morgan fingerprint density at radius 2 is 1.81 bits per heavy atom. The third kappa shape index (κ3) is 3.88. The number of hydrogen-bond donors (Lipinski definition) is 1. The van der Waals surface area contributed by atoms with Gasteiger partial charge in [-0.25, -0.2) is 0 Å². The van der Waals surface area contributed by atoms with Crippen molar-refractivity contribution in [3.05, 3.63) is 35.7 Å². The molecule has 0 radical (unpaired) electrons. The summed E-state index contributed by atoms with van der Waals surface area (Å²) in [6, 6.07) is 8.61. The molecule has 5 saturated carbocycles. The number of carbonyl (C=O) groups excluding carboxylic acids is 1. The summed E-state index contributed by atoms with van der Waals surface area (Å²) in [5, 5.41) is 7.77. The number of aryl methyl sites for hydroxylation is 1. The van der Waals surface area contributed by atoms with Crippen molar-refractivity contribution >= 4 is 5.91 Å². The Balaban J connectivity index is 1.13. The summed E-state index contributed by atoms with van der Waals surface area (Å²) in [7, 11) is 0. The summed E-state index contributed by atoms with van der Waals surface area (Å²) < 4.78 is 5.66. The predicted octanol–water partition coefficient (Wildman–Crippen LogP) is 5.48. The van der Waals surface area contributed by atoms with Gasteiger partial charge in [0.1, 0.15) is 0 Å². The average molecular weight is 434 g/mol. The van der Waals surface area contributed by atoms with Gasteiger partial charge >= 0.3 is 0 Å². The fourth-order valence-electron chi connectivity index (χ4n) is 7.83. The van der Waals surface area contributed by atoms with E-state index < -0.39 is 0 Å². The zero-order chi connectivity index (χ0) is 21.7. The third-order valence-corrected chi connectivity index (χ3v) is 9.02. The normalized spacial score (nSPS) is 32.3. The molecule has 2 aromatic rings. The Morgan fingerprint density at radius 3 is 2.50 bits per heavy atom. The minimum Gasteiger partial charge on any atom is -0.353 e. The van der Waals surface area contributed by atoms with E-state index >= 15 is 0 Å². The number of nitrogens with one attached hydrogen (secondary N) is 1. The Labute approximate surface area is 190 Å². The van der Waals surface area contributed by atoms with Crippen molar-refractivity contribution in [2.24, 2.45) is 29.1 Å². The summed E-state index contributed by atoms with van der Waals surface area (Å²) in [6.07, 6.45) is 12.6. The molecule has 5 aliphatic rings. The molecule has 0 saturated heterocycles. The minimum atomic E-state index is -0.0353. The van der Waals surface area contributed by atoms with Gasteiger partial charge in [0.05, 0.1) is 0 Å². The number of nitrogens with zero attached hydrogens (tertiary/aromatic N) is 2. The highest BCUT2D eigenvalue weighted by Gasteiger charge is 2.49. The van der Waals surface area contributed by atoms with Gasteiger partial charge in [0.15, 0.2) is 0 Å². The van der Waals surface area contributed by atoms with Crippen LogP contribution in [0.15, 0.2) is 28.8 Å². The zero-order valence-electron chi connectivity index (χ0n) is 19.2. The highest BCUT2D eigenvalue weighted by Crippen LogP contribution is 2.54. The van der Waals surface area contributed by atoms with E-state index in [2.05, 4.69) is 29.5 Å². The zero-order valence-corrected chi connectivity index (χ0v) is 19.2. The van der Waals surface area contributed by atoms with Crippen molar-refractivity contribution < 1.29 is 9.32 Å². The van der Waals surface area contributed by atoms with Crippen molar-refractivity contribution in [3.8, 4) is 11.4 Å². The number of amides is 1. The van der Waals surface area contributed by atoms with E-state index in [1.54, 1.807) is 0 Å². The van der Waals surface area contributed by atoms with Crippen molar-refractivity contribution in [1.82, 2.24) is 15.5 Å². The Kier molecular flexibility index (Phi) is 5.11. The van der Waals surface area contributed by atoms with Crippen LogP contribution in [0.5, 0.6) is 0 Å². The van der Waals surface area contributed by atoms with E-state index in [-0.39, 0.29) is 11.3 Å². The van der Waals surface area contributed by atoms with E-state index in [0.717, 1.165) is 42.1 Å². The monoisotopic (exact) mass is 433 g/mol. The summed E-state index contributed by atoms with van der Waals surface area (Å²) >= 11 is 0. The second-order valence-corrected chi connectivity index (χ2v) is 11.5. The second-order valence-electron chi connectivity index (χ2n) is 11.5. The molecule has 170 valence electrons. The molecule has 5 heteroatoms. The van der Waals surface area contributed by atoms with Gasteiger partial charge in [0.2, 0.25) is 17.6 Å². The molecular weight excluding hydrogens is 398 g/mol. The first kappa shape index (κ1) is 20.4. The molecule has 5 aliphatic carbocycles. The van der Waals surface area contributed by atoms with E-state index in [1.807, 2.05) is 12.1 Å². The first-order valence-corrected chi connectivity index (χ1v) is 12.7.